The number of carbonyl (C=O) groups excluding carboxylic acids is 1. The van der Waals surface area contributed by atoms with E-state index in [4.69, 9.17) is 27.9 Å². The lowest BCUT2D eigenvalue weighted by Gasteiger charge is -2.24. The molecule has 7 nitrogen and oxygen atoms in total. The number of amides is 1. The molecule has 0 radical (unpaired) electrons. The molecule has 0 spiro atoms. The fraction of sp³-hybridized carbons (Fsp3) is 0.200. The molecule has 0 unspecified atom stereocenters. The van der Waals surface area contributed by atoms with Crippen LogP contribution >= 0.6 is 23.2 Å². The molecule has 0 heterocycles. The smallest absolute Gasteiger partial charge is 0.264 e. The molecule has 0 aliphatic carbocycles. The first kappa shape index (κ1) is 26.5. The van der Waals surface area contributed by atoms with Crippen molar-refractivity contribution in [3.63, 3.8) is 0 Å². The fourth-order valence-electron chi connectivity index (χ4n) is 3.00. The highest BCUT2D eigenvalue weighted by molar-refractivity contribution is 7.92. The van der Waals surface area contributed by atoms with Crippen LogP contribution in [0, 0.1) is 0 Å². The van der Waals surface area contributed by atoms with E-state index >= 15 is 0 Å². The maximum Gasteiger partial charge on any atom is 0.264 e. The molecular weight excluding hydrogens is 509 g/mol. The largest absolute Gasteiger partial charge is 0.494 e. The third-order valence-electron chi connectivity index (χ3n) is 4.86. The van der Waals surface area contributed by atoms with Crippen molar-refractivity contribution in [2.24, 2.45) is 5.10 Å². The van der Waals surface area contributed by atoms with Crippen LogP contribution in [-0.4, -0.2) is 33.7 Å². The summed E-state index contributed by atoms with van der Waals surface area (Å²) in [7, 11) is -4.07. The Bertz CT molecular complexity index is 1270. The van der Waals surface area contributed by atoms with E-state index in [9.17, 15) is 13.2 Å². The molecule has 3 aromatic rings. The number of benzene rings is 3. The van der Waals surface area contributed by atoms with E-state index in [0.717, 1.165) is 28.5 Å². The summed E-state index contributed by atoms with van der Waals surface area (Å²) in [5.74, 6) is 0.120. The second-order valence-corrected chi connectivity index (χ2v) is 10.2. The number of halogens is 2. The van der Waals surface area contributed by atoms with Gasteiger partial charge >= 0.3 is 0 Å². The van der Waals surface area contributed by atoms with Crippen molar-refractivity contribution in [2.45, 2.75) is 24.7 Å². The summed E-state index contributed by atoms with van der Waals surface area (Å²) in [6, 6.07) is 19.4. The molecule has 35 heavy (non-hydrogen) atoms. The van der Waals surface area contributed by atoms with Gasteiger partial charge in [-0.3, -0.25) is 9.10 Å². The highest BCUT2D eigenvalue weighted by Gasteiger charge is 2.27. The minimum absolute atomic E-state index is 0.0311. The van der Waals surface area contributed by atoms with Gasteiger partial charge in [-0.15, -0.1) is 0 Å². The fourth-order valence-corrected chi connectivity index (χ4v) is 4.73. The lowest BCUT2D eigenvalue weighted by atomic mass is 10.2. The number of hydrogen-bond donors (Lipinski definition) is 1. The Kier molecular flexibility index (Phi) is 9.54. The van der Waals surface area contributed by atoms with Crippen molar-refractivity contribution in [1.29, 1.82) is 0 Å². The zero-order valence-corrected chi connectivity index (χ0v) is 21.4. The summed E-state index contributed by atoms with van der Waals surface area (Å²) < 4.78 is 33.2. The molecule has 0 fully saturated rings. The molecular formula is C25H25Cl2N3O4S. The average Bonchev–Trinajstić information content (AvgIpc) is 2.86. The van der Waals surface area contributed by atoms with Gasteiger partial charge in [-0.1, -0.05) is 54.7 Å². The van der Waals surface area contributed by atoms with Gasteiger partial charge in [0.2, 0.25) is 0 Å². The number of nitrogens with one attached hydrogen (secondary N) is 1. The number of anilines is 1. The third kappa shape index (κ3) is 7.45. The number of nitrogens with zero attached hydrogens (tertiary/aromatic N) is 2. The number of rotatable bonds is 11. The van der Waals surface area contributed by atoms with Crippen LogP contribution in [0.25, 0.3) is 0 Å². The monoisotopic (exact) mass is 533 g/mol. The van der Waals surface area contributed by atoms with Gasteiger partial charge in [0, 0.05) is 0 Å². The first-order chi connectivity index (χ1) is 16.8. The van der Waals surface area contributed by atoms with E-state index in [-0.39, 0.29) is 20.6 Å². The zero-order valence-electron chi connectivity index (χ0n) is 19.0. The zero-order chi connectivity index (χ0) is 25.3. The van der Waals surface area contributed by atoms with E-state index in [1.807, 2.05) is 12.1 Å². The van der Waals surface area contributed by atoms with E-state index in [1.54, 1.807) is 30.3 Å². The number of carbonyl (C=O) groups is 1. The highest BCUT2D eigenvalue weighted by Crippen LogP contribution is 2.30. The summed E-state index contributed by atoms with van der Waals surface area (Å²) >= 11 is 12.1. The molecule has 184 valence electrons. The summed E-state index contributed by atoms with van der Waals surface area (Å²) in [5.41, 5.74) is 3.31. The Balaban J connectivity index is 1.73. The topological polar surface area (TPSA) is 88.1 Å². The normalized spacial score (nSPS) is 11.4. The molecule has 0 saturated heterocycles. The average molecular weight is 534 g/mol. The molecule has 10 heteroatoms. The second kappa shape index (κ2) is 12.6. The van der Waals surface area contributed by atoms with Crippen LogP contribution in [0.3, 0.4) is 0 Å². The summed E-state index contributed by atoms with van der Waals surface area (Å²) in [5, 5.41) is 4.38. The molecule has 3 aromatic carbocycles. The Morgan fingerprint density at radius 1 is 1.03 bits per heavy atom. The Morgan fingerprint density at radius 2 is 1.74 bits per heavy atom. The lowest BCUT2D eigenvalue weighted by Crippen LogP contribution is -2.39. The Morgan fingerprint density at radius 3 is 2.40 bits per heavy atom. The van der Waals surface area contributed by atoms with Crippen LogP contribution in [0.5, 0.6) is 5.75 Å². The third-order valence-corrected chi connectivity index (χ3v) is 7.39. The van der Waals surface area contributed by atoms with Gasteiger partial charge in [-0.25, -0.2) is 13.8 Å². The van der Waals surface area contributed by atoms with Crippen LogP contribution in [0.4, 0.5) is 5.69 Å². The van der Waals surface area contributed by atoms with Crippen LogP contribution in [-0.2, 0) is 14.8 Å². The van der Waals surface area contributed by atoms with Gasteiger partial charge in [0.1, 0.15) is 12.3 Å². The van der Waals surface area contributed by atoms with Gasteiger partial charge < -0.3 is 4.74 Å². The van der Waals surface area contributed by atoms with Crippen molar-refractivity contribution >= 4 is 51.0 Å². The molecule has 0 saturated carbocycles. The summed E-state index contributed by atoms with van der Waals surface area (Å²) in [6.45, 7) is 2.23. The highest BCUT2D eigenvalue weighted by atomic mass is 35.5. The van der Waals surface area contributed by atoms with Gasteiger partial charge in [-0.05, 0) is 66.6 Å². The minimum atomic E-state index is -4.07. The summed E-state index contributed by atoms with van der Waals surface area (Å²) in [6.07, 6.45) is 3.50. The maximum absolute atomic E-state index is 13.3. The molecule has 0 bridgehead atoms. The van der Waals surface area contributed by atoms with Gasteiger partial charge in [0.15, 0.2) is 0 Å². The first-order valence-electron chi connectivity index (χ1n) is 10.9. The molecule has 1 amide bonds. The SMILES string of the molecule is CCCCOc1ccc(/C=N\NC(=O)CN(c2ccc(Cl)c(Cl)c2)S(=O)(=O)c2ccccc2)cc1. The number of ether oxygens (including phenoxy) is 1. The molecule has 1 N–H and O–H groups in total. The van der Waals surface area contributed by atoms with Crippen molar-refractivity contribution < 1.29 is 17.9 Å². The molecule has 3 rings (SSSR count). The molecule has 0 atom stereocenters. The first-order valence-corrected chi connectivity index (χ1v) is 13.1. The predicted molar refractivity (Wildman–Crippen MR) is 140 cm³/mol. The number of hydrazone groups is 1. The van der Waals surface area contributed by atoms with Gasteiger partial charge in [0.05, 0.1) is 33.4 Å². The van der Waals surface area contributed by atoms with E-state index in [1.165, 1.54) is 36.5 Å². The van der Waals surface area contributed by atoms with Crippen molar-refractivity contribution in [2.75, 3.05) is 17.5 Å². The second-order valence-electron chi connectivity index (χ2n) is 7.49. The lowest BCUT2D eigenvalue weighted by molar-refractivity contribution is -0.119. The van der Waals surface area contributed by atoms with Crippen molar-refractivity contribution in [1.82, 2.24) is 5.43 Å². The quantitative estimate of drug-likeness (QED) is 0.199. The van der Waals surface area contributed by atoms with Gasteiger partial charge in [-0.2, -0.15) is 5.10 Å². The van der Waals surface area contributed by atoms with Crippen molar-refractivity contribution in [3.8, 4) is 5.75 Å². The minimum Gasteiger partial charge on any atom is -0.494 e. The van der Waals surface area contributed by atoms with E-state index in [2.05, 4.69) is 17.5 Å². The van der Waals surface area contributed by atoms with Crippen molar-refractivity contribution in [3.05, 3.63) is 88.4 Å². The van der Waals surface area contributed by atoms with E-state index in [0.29, 0.717) is 6.61 Å². The molecule has 0 aliphatic rings. The van der Waals surface area contributed by atoms with Crippen LogP contribution in [0.1, 0.15) is 25.3 Å². The Labute approximate surface area is 215 Å². The standard InChI is InChI=1S/C25H25Cl2N3O4S/c1-2-3-15-34-21-12-9-19(10-13-21)17-28-29-25(31)18-30(20-11-14-23(26)24(27)16-20)35(32,33)22-7-5-4-6-8-22/h4-14,16-17H,2-3,15,18H2,1H3,(H,29,31)/b28-17-. The van der Waals surface area contributed by atoms with Crippen LogP contribution in [0.2, 0.25) is 10.0 Å². The molecule has 0 aromatic heterocycles. The maximum atomic E-state index is 13.3. The number of hydrogen-bond acceptors (Lipinski definition) is 5. The summed E-state index contributed by atoms with van der Waals surface area (Å²) in [4.78, 5) is 12.7. The predicted octanol–water partition coefficient (Wildman–Crippen LogP) is 5.52. The van der Waals surface area contributed by atoms with E-state index < -0.39 is 22.5 Å². The number of sulfonamides is 1. The number of unbranched alkanes of at least 4 members (excludes halogenated alkanes) is 1. The van der Waals surface area contributed by atoms with Crippen LogP contribution in [0.15, 0.2) is 82.8 Å². The van der Waals surface area contributed by atoms with Gasteiger partial charge in [0.25, 0.3) is 15.9 Å². The molecule has 0 aliphatic heterocycles. The Hall–Kier alpha value is -3.07. The van der Waals surface area contributed by atoms with Crippen LogP contribution < -0.4 is 14.5 Å².